The summed E-state index contributed by atoms with van der Waals surface area (Å²) in [6.07, 6.45) is 1.67. The molecule has 0 amide bonds. The number of para-hydroxylation sites is 2. The van der Waals surface area contributed by atoms with Gasteiger partial charge in [-0.3, -0.25) is 0 Å². The molecule has 2 aromatic rings. The summed E-state index contributed by atoms with van der Waals surface area (Å²) in [4.78, 5) is 15.5. The summed E-state index contributed by atoms with van der Waals surface area (Å²) in [6, 6.07) is 7.71. The van der Waals surface area contributed by atoms with Gasteiger partial charge in [-0.15, -0.1) is 0 Å². The number of carbonyl (C=O) groups is 1. The summed E-state index contributed by atoms with van der Waals surface area (Å²) in [5.41, 5.74) is 1.63. The molecule has 0 aliphatic carbocycles. The van der Waals surface area contributed by atoms with E-state index >= 15 is 0 Å². The molecule has 1 saturated heterocycles. The average molecular weight is 246 g/mol. The molecule has 1 aliphatic heterocycles. The Hall–Kier alpha value is -1.88. The van der Waals surface area contributed by atoms with Crippen molar-refractivity contribution in [3.05, 3.63) is 30.1 Å². The molecule has 0 radical (unpaired) electrons. The second-order valence-electron chi connectivity index (χ2n) is 4.44. The number of hydrogen-bond acceptors (Lipinski definition) is 3. The summed E-state index contributed by atoms with van der Waals surface area (Å²) < 4.78 is 7.18. The number of fused-ring (bicyclic) bond motifs is 1. The number of hydrogen-bond donors (Lipinski definition) is 1. The Labute approximate surface area is 104 Å². The van der Waals surface area contributed by atoms with Crippen molar-refractivity contribution in [3.63, 3.8) is 0 Å². The maximum atomic E-state index is 11.3. The Morgan fingerprint density at radius 2 is 2.06 bits per heavy atom. The fraction of sp³-hybridized carbons (Fsp3) is 0.385. The molecule has 0 bridgehead atoms. The number of rotatable bonds is 2. The maximum Gasteiger partial charge on any atom is 0.372 e. The second-order valence-corrected chi connectivity index (χ2v) is 4.44. The van der Waals surface area contributed by atoms with Crippen molar-refractivity contribution >= 4 is 17.0 Å². The standard InChI is InChI=1S/C13H14N2O3/c16-13(17)12-14-10-3-1-2-4-11(10)15(12)9-5-7-18-8-6-9/h1-4,9H,5-8H2,(H,16,17). The first kappa shape index (κ1) is 11.2. The zero-order chi connectivity index (χ0) is 12.5. The maximum absolute atomic E-state index is 11.3. The normalized spacial score (nSPS) is 17.1. The van der Waals surface area contributed by atoms with Crippen molar-refractivity contribution in [2.24, 2.45) is 0 Å². The smallest absolute Gasteiger partial charge is 0.372 e. The summed E-state index contributed by atoms with van der Waals surface area (Å²) in [5, 5.41) is 9.28. The molecule has 1 aromatic heterocycles. The highest BCUT2D eigenvalue weighted by Crippen LogP contribution is 2.27. The summed E-state index contributed by atoms with van der Waals surface area (Å²) in [5.74, 6) is -0.846. The van der Waals surface area contributed by atoms with Crippen LogP contribution < -0.4 is 0 Å². The average Bonchev–Trinajstić information content (AvgIpc) is 2.79. The van der Waals surface area contributed by atoms with E-state index < -0.39 is 5.97 Å². The minimum atomic E-state index is -0.974. The number of imidazole rings is 1. The van der Waals surface area contributed by atoms with Gasteiger partial charge in [-0.2, -0.15) is 0 Å². The molecule has 0 atom stereocenters. The second kappa shape index (κ2) is 4.42. The monoisotopic (exact) mass is 246 g/mol. The lowest BCUT2D eigenvalue weighted by Gasteiger charge is -2.24. The molecule has 0 spiro atoms. The lowest BCUT2D eigenvalue weighted by Crippen LogP contribution is -2.22. The summed E-state index contributed by atoms with van der Waals surface area (Å²) in [6.45, 7) is 1.35. The highest BCUT2D eigenvalue weighted by Gasteiger charge is 2.24. The van der Waals surface area contributed by atoms with Crippen LogP contribution in [0.3, 0.4) is 0 Å². The first-order valence-electron chi connectivity index (χ1n) is 6.05. The van der Waals surface area contributed by atoms with Crippen molar-refractivity contribution < 1.29 is 14.6 Å². The van der Waals surface area contributed by atoms with E-state index in [4.69, 9.17) is 4.74 Å². The van der Waals surface area contributed by atoms with Crippen LogP contribution >= 0.6 is 0 Å². The van der Waals surface area contributed by atoms with Crippen molar-refractivity contribution in [3.8, 4) is 0 Å². The van der Waals surface area contributed by atoms with E-state index in [1.807, 2.05) is 28.8 Å². The van der Waals surface area contributed by atoms with Gasteiger partial charge < -0.3 is 14.4 Å². The molecule has 1 fully saturated rings. The van der Waals surface area contributed by atoms with Gasteiger partial charge >= 0.3 is 5.97 Å². The van der Waals surface area contributed by atoms with Gasteiger partial charge in [-0.05, 0) is 25.0 Å². The van der Waals surface area contributed by atoms with Gasteiger partial charge in [0, 0.05) is 19.3 Å². The Bertz CT molecular complexity index is 585. The van der Waals surface area contributed by atoms with Crippen LogP contribution in [0.4, 0.5) is 0 Å². The van der Waals surface area contributed by atoms with Crippen molar-refractivity contribution in [2.45, 2.75) is 18.9 Å². The molecule has 3 rings (SSSR count). The van der Waals surface area contributed by atoms with Gasteiger partial charge in [0.15, 0.2) is 0 Å². The molecule has 1 aliphatic rings. The van der Waals surface area contributed by atoms with E-state index in [2.05, 4.69) is 4.98 Å². The highest BCUT2D eigenvalue weighted by atomic mass is 16.5. The topological polar surface area (TPSA) is 64.3 Å². The van der Waals surface area contributed by atoms with E-state index in [1.165, 1.54) is 0 Å². The van der Waals surface area contributed by atoms with Crippen molar-refractivity contribution in [2.75, 3.05) is 13.2 Å². The minimum absolute atomic E-state index is 0.128. The molecule has 5 heteroatoms. The van der Waals surface area contributed by atoms with Gasteiger partial charge in [-0.1, -0.05) is 12.1 Å². The SMILES string of the molecule is O=C(O)c1nc2ccccc2n1C1CCOCC1. The van der Waals surface area contributed by atoms with Gasteiger partial charge in [-0.25, -0.2) is 9.78 Å². The van der Waals surface area contributed by atoms with Crippen LogP contribution in [0.15, 0.2) is 24.3 Å². The van der Waals surface area contributed by atoms with E-state index in [0.29, 0.717) is 13.2 Å². The number of carboxylic acid groups (broad SMARTS) is 1. The van der Waals surface area contributed by atoms with Crippen LogP contribution in [0, 0.1) is 0 Å². The van der Waals surface area contributed by atoms with Crippen LogP contribution in [0.5, 0.6) is 0 Å². The van der Waals surface area contributed by atoms with Crippen LogP contribution in [-0.4, -0.2) is 33.8 Å². The van der Waals surface area contributed by atoms with Crippen molar-refractivity contribution in [1.82, 2.24) is 9.55 Å². The minimum Gasteiger partial charge on any atom is -0.475 e. The predicted octanol–water partition coefficient (Wildman–Crippen LogP) is 2.09. The zero-order valence-electron chi connectivity index (χ0n) is 9.87. The first-order valence-corrected chi connectivity index (χ1v) is 6.05. The molecule has 0 saturated carbocycles. The third kappa shape index (κ3) is 1.76. The highest BCUT2D eigenvalue weighted by molar-refractivity contribution is 5.89. The lowest BCUT2D eigenvalue weighted by molar-refractivity contribution is 0.0608. The molecule has 2 heterocycles. The van der Waals surface area contributed by atoms with E-state index in [9.17, 15) is 9.90 Å². The number of aromatic carboxylic acids is 1. The van der Waals surface area contributed by atoms with Crippen LogP contribution in [0.25, 0.3) is 11.0 Å². The molecule has 0 unspecified atom stereocenters. The number of aromatic nitrogens is 2. The van der Waals surface area contributed by atoms with Gasteiger partial charge in [0.1, 0.15) is 0 Å². The zero-order valence-corrected chi connectivity index (χ0v) is 9.87. The fourth-order valence-electron chi connectivity index (χ4n) is 2.51. The molecular weight excluding hydrogens is 232 g/mol. The molecule has 5 nitrogen and oxygen atoms in total. The van der Waals surface area contributed by atoms with Crippen LogP contribution in [0.2, 0.25) is 0 Å². The first-order chi connectivity index (χ1) is 8.77. The largest absolute Gasteiger partial charge is 0.475 e. The number of benzene rings is 1. The number of ether oxygens (including phenoxy) is 1. The molecule has 1 N–H and O–H groups in total. The summed E-state index contributed by atoms with van der Waals surface area (Å²) in [7, 11) is 0. The Balaban J connectivity index is 2.17. The van der Waals surface area contributed by atoms with Gasteiger partial charge in [0.2, 0.25) is 5.82 Å². The van der Waals surface area contributed by atoms with Gasteiger partial charge in [0.25, 0.3) is 0 Å². The van der Waals surface area contributed by atoms with E-state index in [1.54, 1.807) is 0 Å². The fourth-order valence-corrected chi connectivity index (χ4v) is 2.51. The number of carboxylic acids is 1. The van der Waals surface area contributed by atoms with E-state index in [0.717, 1.165) is 23.9 Å². The summed E-state index contributed by atoms with van der Waals surface area (Å²) >= 11 is 0. The predicted molar refractivity (Wildman–Crippen MR) is 65.8 cm³/mol. The Morgan fingerprint density at radius 3 is 2.78 bits per heavy atom. The van der Waals surface area contributed by atoms with Crippen molar-refractivity contribution in [1.29, 1.82) is 0 Å². The Morgan fingerprint density at radius 1 is 1.33 bits per heavy atom. The van der Waals surface area contributed by atoms with Crippen LogP contribution in [-0.2, 0) is 4.74 Å². The molecule has 94 valence electrons. The third-order valence-corrected chi connectivity index (χ3v) is 3.34. The van der Waals surface area contributed by atoms with E-state index in [-0.39, 0.29) is 11.9 Å². The Kier molecular flexibility index (Phi) is 2.76. The molecule has 1 aromatic carbocycles. The van der Waals surface area contributed by atoms with Gasteiger partial charge in [0.05, 0.1) is 11.0 Å². The molecular formula is C13H14N2O3. The van der Waals surface area contributed by atoms with Crippen LogP contribution in [0.1, 0.15) is 29.5 Å². The molecule has 18 heavy (non-hydrogen) atoms. The number of nitrogens with zero attached hydrogens (tertiary/aromatic N) is 2. The lowest BCUT2D eigenvalue weighted by atomic mass is 10.1. The third-order valence-electron chi connectivity index (χ3n) is 3.34. The quantitative estimate of drug-likeness (QED) is 0.881.